The van der Waals surface area contributed by atoms with Crippen LogP contribution in [0.5, 0.6) is 0 Å². The summed E-state index contributed by atoms with van der Waals surface area (Å²) >= 11 is 0. The van der Waals surface area contributed by atoms with Gasteiger partial charge in [0.25, 0.3) is 17.4 Å². The zero-order valence-electron chi connectivity index (χ0n) is 14.2. The first kappa shape index (κ1) is 17.1. The number of rotatable bonds is 5. The number of pyridine rings is 1. The van der Waals surface area contributed by atoms with E-state index in [0.717, 1.165) is 18.7 Å². The highest BCUT2D eigenvalue weighted by Gasteiger charge is 2.19. The number of carbonyl (C=O) groups excluding carboxylic acids is 1. The van der Waals surface area contributed by atoms with Crippen molar-refractivity contribution in [3.63, 3.8) is 0 Å². The van der Waals surface area contributed by atoms with E-state index in [2.05, 4.69) is 25.2 Å². The number of H-pyrrole nitrogens is 1. The van der Waals surface area contributed by atoms with Gasteiger partial charge >= 0.3 is 0 Å². The van der Waals surface area contributed by atoms with Gasteiger partial charge in [-0.2, -0.15) is 4.98 Å². The molecule has 11 heteroatoms. The minimum Gasteiger partial charge on any atom is -0.379 e. The number of amides is 1. The van der Waals surface area contributed by atoms with Crippen LogP contribution in [-0.4, -0.2) is 57.4 Å². The van der Waals surface area contributed by atoms with Crippen molar-refractivity contribution in [3.05, 3.63) is 39.9 Å². The molecule has 4 heterocycles. The number of hydrogen-bond acceptors (Lipinski definition) is 9. The Hall–Kier alpha value is -3.31. The van der Waals surface area contributed by atoms with Gasteiger partial charge in [0.15, 0.2) is 5.69 Å². The topological polar surface area (TPSA) is 153 Å². The van der Waals surface area contributed by atoms with E-state index in [1.807, 2.05) is 0 Å². The number of carbonyl (C=O) groups is 1. The molecule has 4 rings (SSSR count). The number of aromatic nitrogens is 4. The van der Waals surface area contributed by atoms with E-state index in [1.54, 1.807) is 12.3 Å². The summed E-state index contributed by atoms with van der Waals surface area (Å²) in [4.78, 5) is 32.4. The molecule has 0 unspecified atom stereocenters. The molecule has 1 amide bonds. The van der Waals surface area contributed by atoms with Gasteiger partial charge in [-0.1, -0.05) is 10.3 Å². The number of primary amides is 1. The molecule has 3 aromatic rings. The Kier molecular flexibility index (Phi) is 4.52. The second-order valence-corrected chi connectivity index (χ2v) is 6.00. The molecule has 1 fully saturated rings. The minimum absolute atomic E-state index is 0.0111. The molecule has 0 bridgehead atoms. The molecule has 11 nitrogen and oxygen atoms in total. The molecule has 0 saturated carbocycles. The lowest BCUT2D eigenvalue weighted by atomic mass is 10.2. The van der Waals surface area contributed by atoms with Gasteiger partial charge in [-0.05, 0) is 11.6 Å². The van der Waals surface area contributed by atoms with Crippen LogP contribution in [0, 0.1) is 0 Å². The molecule has 0 radical (unpaired) electrons. The molecular weight excluding hydrogens is 356 g/mol. The second kappa shape index (κ2) is 7.13. The molecule has 1 aliphatic rings. The summed E-state index contributed by atoms with van der Waals surface area (Å²) in [5.74, 6) is -0.560. The van der Waals surface area contributed by atoms with Crippen molar-refractivity contribution in [1.29, 1.82) is 0 Å². The quantitative estimate of drug-likeness (QED) is 0.630. The maximum absolute atomic E-state index is 12.2. The number of aromatic amines is 1. The standard InChI is InChI=1S/C16H16N6O5/c17-13(23)11-6-12(26-20-11)16-19-14(21-27-16)10-5-9(7-18-15(10)24)8-22-1-3-25-4-2-22/h5-7H,1-4,8H2,(H2,17,23)(H,18,24). The fraction of sp³-hybridized carbons (Fsp3) is 0.312. The van der Waals surface area contributed by atoms with Crippen molar-refractivity contribution in [2.45, 2.75) is 6.54 Å². The van der Waals surface area contributed by atoms with Crippen LogP contribution in [0.4, 0.5) is 0 Å². The zero-order chi connectivity index (χ0) is 18.8. The molecule has 27 heavy (non-hydrogen) atoms. The second-order valence-electron chi connectivity index (χ2n) is 6.00. The summed E-state index contributed by atoms with van der Waals surface area (Å²) < 4.78 is 15.4. The normalized spacial score (nSPS) is 15.1. The lowest BCUT2D eigenvalue weighted by molar-refractivity contribution is 0.0341. The van der Waals surface area contributed by atoms with Crippen LogP contribution in [-0.2, 0) is 11.3 Å². The number of nitrogens with one attached hydrogen (secondary N) is 1. The SMILES string of the molecule is NC(=O)c1cc(-c2nc(-c3cc(CN4CCOCC4)c[nH]c3=O)no2)on1. The van der Waals surface area contributed by atoms with E-state index in [0.29, 0.717) is 19.8 Å². The predicted molar refractivity (Wildman–Crippen MR) is 90.5 cm³/mol. The Balaban J connectivity index is 1.59. The van der Waals surface area contributed by atoms with Crippen LogP contribution < -0.4 is 11.3 Å². The molecule has 0 aliphatic carbocycles. The lowest BCUT2D eigenvalue weighted by Crippen LogP contribution is -2.35. The lowest BCUT2D eigenvalue weighted by Gasteiger charge is -2.26. The Labute approximate surface area is 152 Å². The summed E-state index contributed by atoms with van der Waals surface area (Å²) in [7, 11) is 0. The molecule has 3 N–H and O–H groups in total. The number of ether oxygens (including phenoxy) is 1. The fourth-order valence-electron chi connectivity index (χ4n) is 2.73. The third kappa shape index (κ3) is 3.64. The molecule has 140 valence electrons. The van der Waals surface area contributed by atoms with Gasteiger partial charge in [-0.15, -0.1) is 0 Å². The Morgan fingerprint density at radius 1 is 1.22 bits per heavy atom. The van der Waals surface area contributed by atoms with Crippen LogP contribution in [0.3, 0.4) is 0 Å². The van der Waals surface area contributed by atoms with Crippen LogP contribution in [0.15, 0.2) is 32.2 Å². The van der Waals surface area contributed by atoms with Gasteiger partial charge in [0.2, 0.25) is 11.6 Å². The Morgan fingerprint density at radius 2 is 2.04 bits per heavy atom. The smallest absolute Gasteiger partial charge is 0.296 e. The highest BCUT2D eigenvalue weighted by molar-refractivity contribution is 5.91. The van der Waals surface area contributed by atoms with Gasteiger partial charge in [-0.3, -0.25) is 14.5 Å². The van der Waals surface area contributed by atoms with Crippen molar-refractivity contribution < 1.29 is 18.6 Å². The average molecular weight is 372 g/mol. The first-order valence-corrected chi connectivity index (χ1v) is 8.23. The van der Waals surface area contributed by atoms with E-state index < -0.39 is 5.91 Å². The van der Waals surface area contributed by atoms with E-state index in [9.17, 15) is 9.59 Å². The van der Waals surface area contributed by atoms with Crippen LogP contribution in [0.2, 0.25) is 0 Å². The van der Waals surface area contributed by atoms with Crippen LogP contribution >= 0.6 is 0 Å². The first-order chi connectivity index (χ1) is 13.1. The minimum atomic E-state index is -0.739. The van der Waals surface area contributed by atoms with E-state index >= 15 is 0 Å². The summed E-state index contributed by atoms with van der Waals surface area (Å²) in [6, 6.07) is 3.01. The van der Waals surface area contributed by atoms with Crippen molar-refractivity contribution >= 4 is 5.91 Å². The molecule has 1 saturated heterocycles. The number of nitrogens with two attached hydrogens (primary N) is 1. The van der Waals surface area contributed by atoms with E-state index in [-0.39, 0.29) is 34.3 Å². The third-order valence-electron chi connectivity index (χ3n) is 4.11. The van der Waals surface area contributed by atoms with Gasteiger partial charge in [0, 0.05) is 31.9 Å². The summed E-state index contributed by atoms with van der Waals surface area (Å²) in [6.07, 6.45) is 1.66. The van der Waals surface area contributed by atoms with Crippen LogP contribution in [0.25, 0.3) is 23.0 Å². The predicted octanol–water partition coefficient (Wildman–Crippen LogP) is 0.0110. The largest absolute Gasteiger partial charge is 0.379 e. The summed E-state index contributed by atoms with van der Waals surface area (Å²) in [6.45, 7) is 3.70. The molecule has 0 atom stereocenters. The Morgan fingerprint density at radius 3 is 2.78 bits per heavy atom. The molecule has 1 aliphatic heterocycles. The molecule has 3 aromatic heterocycles. The van der Waals surface area contributed by atoms with Gasteiger partial charge in [-0.25, -0.2) is 0 Å². The van der Waals surface area contributed by atoms with Crippen molar-refractivity contribution in [2.24, 2.45) is 5.73 Å². The van der Waals surface area contributed by atoms with Gasteiger partial charge in [0.1, 0.15) is 0 Å². The van der Waals surface area contributed by atoms with Gasteiger partial charge in [0.05, 0.1) is 18.8 Å². The van der Waals surface area contributed by atoms with Gasteiger partial charge < -0.3 is 24.5 Å². The number of morpholine rings is 1. The number of hydrogen-bond donors (Lipinski definition) is 2. The maximum atomic E-state index is 12.2. The molecule has 0 spiro atoms. The highest BCUT2D eigenvalue weighted by atomic mass is 16.5. The highest BCUT2D eigenvalue weighted by Crippen LogP contribution is 2.22. The fourth-order valence-corrected chi connectivity index (χ4v) is 2.73. The molecule has 0 aromatic carbocycles. The maximum Gasteiger partial charge on any atom is 0.296 e. The zero-order valence-corrected chi connectivity index (χ0v) is 14.2. The average Bonchev–Trinajstić information content (AvgIpc) is 3.33. The monoisotopic (exact) mass is 372 g/mol. The van der Waals surface area contributed by atoms with Crippen molar-refractivity contribution in [1.82, 2.24) is 25.2 Å². The summed E-state index contributed by atoms with van der Waals surface area (Å²) in [5, 5.41) is 7.33. The molecular formula is C16H16N6O5. The number of nitrogens with zero attached hydrogens (tertiary/aromatic N) is 4. The van der Waals surface area contributed by atoms with Crippen molar-refractivity contribution in [3.8, 4) is 23.0 Å². The third-order valence-corrected chi connectivity index (χ3v) is 4.11. The van der Waals surface area contributed by atoms with Crippen LogP contribution in [0.1, 0.15) is 16.1 Å². The Bertz CT molecular complexity index is 1020. The summed E-state index contributed by atoms with van der Waals surface area (Å²) in [5.41, 5.74) is 5.90. The van der Waals surface area contributed by atoms with E-state index in [1.165, 1.54) is 6.07 Å². The first-order valence-electron chi connectivity index (χ1n) is 8.23. The van der Waals surface area contributed by atoms with E-state index in [4.69, 9.17) is 19.5 Å². The van der Waals surface area contributed by atoms with Crippen molar-refractivity contribution in [2.75, 3.05) is 26.3 Å².